The Balaban J connectivity index is 0.00000256. The van der Waals surface area contributed by atoms with Gasteiger partial charge in [-0.15, -0.1) is 6.58 Å². The molecule has 0 bridgehead atoms. The van der Waals surface area contributed by atoms with Crippen LogP contribution in [-0.2, 0) is 13.5 Å². The van der Waals surface area contributed by atoms with Crippen molar-refractivity contribution < 1.29 is 17.0 Å². The van der Waals surface area contributed by atoms with Crippen molar-refractivity contribution >= 4 is 33.8 Å². The van der Waals surface area contributed by atoms with Gasteiger partial charge in [-0.1, -0.05) is 60.7 Å². The molecule has 0 unspecified atom stereocenters. The van der Waals surface area contributed by atoms with Crippen LogP contribution in [0.15, 0.2) is 107 Å². The summed E-state index contributed by atoms with van der Waals surface area (Å²) >= 11 is 3.58. The molecule has 0 saturated heterocycles. The van der Waals surface area contributed by atoms with Crippen molar-refractivity contribution in [2.45, 2.75) is 15.7 Å². The molecule has 3 aromatic carbocycles. The molecule has 2 nitrogen and oxygen atoms in total. The van der Waals surface area contributed by atoms with E-state index in [0.29, 0.717) is 0 Å². The second kappa shape index (κ2) is 10.5. The number of thiazole rings is 1. The van der Waals surface area contributed by atoms with Crippen molar-refractivity contribution in [3.63, 3.8) is 0 Å². The molecule has 0 radical (unpaired) electrons. The predicted octanol–water partition coefficient (Wildman–Crippen LogP) is 3.87. The molecule has 5 heteroatoms. The molecule has 0 aliphatic heterocycles. The first-order chi connectivity index (χ1) is 14.3. The molecule has 1 N–H and O–H groups in total. The summed E-state index contributed by atoms with van der Waals surface area (Å²) < 4.78 is 3.52. The zero-order chi connectivity index (χ0) is 20.1. The number of nitrogens with one attached hydrogen (secondary N) is 1. The summed E-state index contributed by atoms with van der Waals surface area (Å²) in [5.74, 6) is 0. The van der Waals surface area contributed by atoms with E-state index in [1.54, 1.807) is 23.1 Å². The monoisotopic (exact) mass is 450 g/mol. The van der Waals surface area contributed by atoms with Crippen LogP contribution in [0.1, 0.15) is 5.56 Å². The molecule has 4 aromatic rings. The van der Waals surface area contributed by atoms with E-state index < -0.39 is 0 Å². The van der Waals surface area contributed by atoms with Crippen LogP contribution in [0.4, 0.5) is 10.7 Å². The second-order valence-electron chi connectivity index (χ2n) is 6.66. The highest BCUT2D eigenvalue weighted by molar-refractivity contribution is 8.01. The highest BCUT2D eigenvalue weighted by atomic mass is 35.5. The van der Waals surface area contributed by atoms with Crippen molar-refractivity contribution in [1.82, 2.24) is 0 Å². The number of anilines is 2. The van der Waals surface area contributed by atoms with E-state index in [9.17, 15) is 0 Å². The molecule has 0 aliphatic carbocycles. The number of halogens is 1. The van der Waals surface area contributed by atoms with Gasteiger partial charge in [0, 0.05) is 16.1 Å². The Morgan fingerprint density at radius 3 is 2.27 bits per heavy atom. The highest BCUT2D eigenvalue weighted by Crippen LogP contribution is 2.40. The van der Waals surface area contributed by atoms with E-state index >= 15 is 0 Å². The quantitative estimate of drug-likeness (QED) is 0.340. The van der Waals surface area contributed by atoms with Gasteiger partial charge in [-0.25, -0.2) is 0 Å². The molecule has 4 rings (SSSR count). The minimum atomic E-state index is 0. The van der Waals surface area contributed by atoms with Crippen LogP contribution in [-0.4, -0.2) is 0 Å². The molecule has 152 valence electrons. The number of para-hydroxylation sites is 1. The number of benzene rings is 3. The lowest BCUT2D eigenvalue weighted by molar-refractivity contribution is -0.691. The minimum absolute atomic E-state index is 0. The van der Waals surface area contributed by atoms with Crippen molar-refractivity contribution in [3.05, 3.63) is 103 Å². The minimum Gasteiger partial charge on any atom is -1.00 e. The molecule has 0 aliphatic rings. The lowest BCUT2D eigenvalue weighted by atomic mass is 10.1. The average molecular weight is 451 g/mol. The summed E-state index contributed by atoms with van der Waals surface area (Å²) in [6.07, 6.45) is 2.79. The zero-order valence-electron chi connectivity index (χ0n) is 16.7. The molecular formula is C25H23ClN2S2. The van der Waals surface area contributed by atoms with Gasteiger partial charge in [0.05, 0.1) is 0 Å². The van der Waals surface area contributed by atoms with Gasteiger partial charge in [0.15, 0.2) is 5.00 Å². The summed E-state index contributed by atoms with van der Waals surface area (Å²) in [5.41, 5.74) is 4.77. The molecule has 30 heavy (non-hydrogen) atoms. The van der Waals surface area contributed by atoms with Crippen molar-refractivity contribution in [1.29, 1.82) is 0 Å². The van der Waals surface area contributed by atoms with Crippen molar-refractivity contribution in [2.24, 2.45) is 7.05 Å². The fraction of sp³-hybridized carbons (Fsp3) is 0.0800. The third-order valence-corrected chi connectivity index (χ3v) is 7.04. The lowest BCUT2D eigenvalue weighted by Crippen LogP contribution is -3.00. The Morgan fingerprint density at radius 2 is 1.57 bits per heavy atom. The van der Waals surface area contributed by atoms with Gasteiger partial charge in [0.25, 0.3) is 0 Å². The molecule has 0 spiro atoms. The third kappa shape index (κ3) is 4.96. The lowest BCUT2D eigenvalue weighted by Gasteiger charge is -2.09. The average Bonchev–Trinajstić information content (AvgIpc) is 3.06. The summed E-state index contributed by atoms with van der Waals surface area (Å²) in [4.78, 5) is 1.24. The molecule has 0 fully saturated rings. The van der Waals surface area contributed by atoms with Gasteiger partial charge < -0.3 is 17.7 Å². The smallest absolute Gasteiger partial charge is 0.304 e. The van der Waals surface area contributed by atoms with Gasteiger partial charge in [-0.05, 0) is 65.4 Å². The first kappa shape index (κ1) is 22.2. The Labute approximate surface area is 192 Å². The van der Waals surface area contributed by atoms with E-state index in [1.165, 1.54) is 26.1 Å². The van der Waals surface area contributed by atoms with Crippen LogP contribution in [0.3, 0.4) is 0 Å². The van der Waals surface area contributed by atoms with Gasteiger partial charge in [0.2, 0.25) is 5.69 Å². The number of aromatic nitrogens is 1. The summed E-state index contributed by atoms with van der Waals surface area (Å²) in [7, 11) is 2.14. The number of allylic oxidation sites excluding steroid dienone is 1. The maximum atomic E-state index is 3.90. The summed E-state index contributed by atoms with van der Waals surface area (Å²) in [6, 6.07) is 29.5. The first-order valence-electron chi connectivity index (χ1n) is 9.53. The van der Waals surface area contributed by atoms with Crippen LogP contribution >= 0.6 is 23.1 Å². The topological polar surface area (TPSA) is 15.9 Å². The molecule has 0 saturated carbocycles. The van der Waals surface area contributed by atoms with Crippen LogP contribution in [0.25, 0.3) is 11.3 Å². The standard InChI is InChI=1S/C25H23N2S2.ClH/c1-3-12-19-13-10-11-18-22(19)26-24-23(20-14-6-4-7-15-20)27(2)25(29-24)28-21-16-8-5-9-17-21;/h3-11,13-18,26H,1,12H2,2H3;1H/q+1;/p-1. The van der Waals surface area contributed by atoms with Gasteiger partial charge in [-0.3, -0.25) is 0 Å². The van der Waals surface area contributed by atoms with Gasteiger partial charge in [-0.2, -0.15) is 4.57 Å². The van der Waals surface area contributed by atoms with Crippen molar-refractivity contribution in [3.8, 4) is 11.3 Å². The maximum Gasteiger partial charge on any atom is 0.304 e. The molecule has 1 aromatic heterocycles. The molecule has 0 atom stereocenters. The Morgan fingerprint density at radius 1 is 0.933 bits per heavy atom. The SMILES string of the molecule is C=CCc1ccccc1Nc1sc(Sc2ccccc2)[n+](C)c1-c1ccccc1.[Cl-]. The van der Waals surface area contributed by atoms with Crippen molar-refractivity contribution in [2.75, 3.05) is 5.32 Å². The summed E-state index contributed by atoms with van der Waals surface area (Å²) in [6.45, 7) is 3.90. The largest absolute Gasteiger partial charge is 1.00 e. The van der Waals surface area contributed by atoms with Gasteiger partial charge in [0.1, 0.15) is 7.05 Å². The third-order valence-electron chi connectivity index (χ3n) is 4.64. The van der Waals surface area contributed by atoms with Crippen LogP contribution in [0.2, 0.25) is 0 Å². The fourth-order valence-corrected chi connectivity index (χ4v) is 5.57. The number of nitrogens with zero attached hydrogens (tertiary/aromatic N) is 1. The number of hydrogen-bond donors (Lipinski definition) is 1. The van der Waals surface area contributed by atoms with E-state index in [0.717, 1.165) is 17.1 Å². The van der Waals surface area contributed by atoms with E-state index in [4.69, 9.17) is 0 Å². The van der Waals surface area contributed by atoms with Crippen LogP contribution < -0.4 is 22.3 Å². The van der Waals surface area contributed by atoms with E-state index in [2.05, 4.69) is 108 Å². The normalized spacial score (nSPS) is 10.3. The zero-order valence-corrected chi connectivity index (χ0v) is 19.1. The number of hydrogen-bond acceptors (Lipinski definition) is 3. The fourth-order valence-electron chi connectivity index (χ4n) is 3.23. The Hall–Kier alpha value is -2.53. The van der Waals surface area contributed by atoms with Gasteiger partial charge >= 0.3 is 4.34 Å². The maximum absolute atomic E-state index is 3.90. The Bertz CT molecular complexity index is 1110. The number of rotatable bonds is 7. The van der Waals surface area contributed by atoms with Crippen LogP contribution in [0.5, 0.6) is 0 Å². The molecular weight excluding hydrogens is 428 g/mol. The van der Waals surface area contributed by atoms with Crippen LogP contribution in [0, 0.1) is 0 Å². The molecule has 1 heterocycles. The Kier molecular flexibility index (Phi) is 7.75. The highest BCUT2D eigenvalue weighted by Gasteiger charge is 2.26. The molecule has 0 amide bonds. The van der Waals surface area contributed by atoms with E-state index in [-0.39, 0.29) is 12.4 Å². The summed E-state index contributed by atoms with van der Waals surface area (Å²) in [5, 5.41) is 4.85. The second-order valence-corrected chi connectivity index (χ2v) is 8.98. The first-order valence-corrected chi connectivity index (χ1v) is 11.2. The predicted molar refractivity (Wildman–Crippen MR) is 125 cm³/mol. The van der Waals surface area contributed by atoms with E-state index in [1.807, 2.05) is 6.08 Å².